The van der Waals surface area contributed by atoms with Gasteiger partial charge in [-0.05, 0) is 50.7 Å². The van der Waals surface area contributed by atoms with E-state index in [1.807, 2.05) is 6.92 Å². The smallest absolute Gasteiger partial charge is 0.296 e. The zero-order chi connectivity index (χ0) is 20.5. The van der Waals surface area contributed by atoms with Crippen molar-refractivity contribution in [1.82, 2.24) is 14.9 Å². The molecule has 2 atom stereocenters. The average Bonchev–Trinajstić information content (AvgIpc) is 2.84. The fourth-order valence-electron chi connectivity index (χ4n) is 3.67. The fraction of sp³-hybridized carbons (Fsp3) is 0.550. The molecule has 2 heterocycles. The van der Waals surface area contributed by atoms with Gasteiger partial charge in [0.05, 0.1) is 12.1 Å². The molecule has 0 radical (unpaired) electrons. The summed E-state index contributed by atoms with van der Waals surface area (Å²) in [6, 6.07) is 0. The molecule has 0 aromatic carbocycles. The Balaban J connectivity index is 1.80. The van der Waals surface area contributed by atoms with Crippen molar-refractivity contribution in [1.29, 1.82) is 0 Å². The number of aromatic hydroxyl groups is 1. The average molecular weight is 391 g/mol. The van der Waals surface area contributed by atoms with E-state index < -0.39 is 22.8 Å². The molecule has 2 N–H and O–H groups in total. The van der Waals surface area contributed by atoms with Gasteiger partial charge in [0, 0.05) is 20.1 Å². The maximum Gasteiger partial charge on any atom is 0.296 e. The number of fused-ring (bicyclic) bond motifs is 1. The Morgan fingerprint density at radius 1 is 1.54 bits per heavy atom. The van der Waals surface area contributed by atoms with Gasteiger partial charge in [-0.1, -0.05) is 6.08 Å². The zero-order valence-corrected chi connectivity index (χ0v) is 16.4. The summed E-state index contributed by atoms with van der Waals surface area (Å²) in [4.78, 5) is 29.5. The highest BCUT2D eigenvalue weighted by atomic mass is 19.1. The molecule has 7 nitrogen and oxygen atoms in total. The molecule has 1 aliphatic carbocycles. The number of amides is 1. The lowest BCUT2D eigenvalue weighted by Crippen LogP contribution is -2.38. The molecule has 0 saturated heterocycles. The molecule has 3 rings (SSSR count). The van der Waals surface area contributed by atoms with Crippen LogP contribution in [-0.2, 0) is 17.7 Å². The summed E-state index contributed by atoms with van der Waals surface area (Å²) in [6.45, 7) is 4.11. The van der Waals surface area contributed by atoms with Crippen molar-refractivity contribution < 1.29 is 19.0 Å². The number of nitrogens with zero attached hydrogens (tertiary/aromatic N) is 2. The van der Waals surface area contributed by atoms with E-state index in [2.05, 4.69) is 10.3 Å². The normalized spacial score (nSPS) is 24.6. The molecule has 1 aliphatic heterocycles. The van der Waals surface area contributed by atoms with Crippen LogP contribution in [0.1, 0.15) is 49.4 Å². The summed E-state index contributed by atoms with van der Waals surface area (Å²) in [7, 11) is 1.59. The maximum absolute atomic E-state index is 13.4. The summed E-state index contributed by atoms with van der Waals surface area (Å²) in [6.07, 6.45) is 5.75. The van der Waals surface area contributed by atoms with E-state index in [-0.39, 0.29) is 30.5 Å². The van der Waals surface area contributed by atoms with Crippen molar-refractivity contribution in [2.45, 2.75) is 51.7 Å². The second kappa shape index (κ2) is 7.87. The van der Waals surface area contributed by atoms with Crippen LogP contribution >= 0.6 is 0 Å². The minimum atomic E-state index is -0.664. The minimum Gasteiger partial charge on any atom is -0.501 e. The SMILES string of the molecule is CO[C@@]1(C)CCCc2nc(C(=O)NCC3C=C(C)C(F)=CC3)c(O)c(=O)n2C1. The van der Waals surface area contributed by atoms with Gasteiger partial charge < -0.3 is 15.2 Å². The molecule has 0 bridgehead atoms. The van der Waals surface area contributed by atoms with E-state index in [0.29, 0.717) is 24.2 Å². The minimum absolute atomic E-state index is 0.0464. The molecule has 1 aromatic rings. The Hall–Kier alpha value is -2.48. The van der Waals surface area contributed by atoms with Crippen molar-refractivity contribution in [3.8, 4) is 5.75 Å². The summed E-state index contributed by atoms with van der Waals surface area (Å²) in [5, 5.41) is 13.0. The Morgan fingerprint density at radius 2 is 2.29 bits per heavy atom. The number of carbonyl (C=O) groups excluding carboxylic acids is 1. The Morgan fingerprint density at radius 3 is 2.96 bits per heavy atom. The van der Waals surface area contributed by atoms with Gasteiger partial charge in [0.25, 0.3) is 11.5 Å². The van der Waals surface area contributed by atoms with Gasteiger partial charge in [-0.2, -0.15) is 0 Å². The summed E-state index contributed by atoms with van der Waals surface area (Å²) in [5.74, 6) is -1.11. The standard InChI is InChI=1S/C20H26FN3O4/c1-12-9-13(6-7-14(12)21)10-22-18(26)16-17(25)19(27)24-11-20(2,28-3)8-4-5-15(24)23-16/h7,9,13,25H,4-6,8,10-11H2,1-3H3,(H,22,26)/t13?,20-/m0/s1. The molecule has 8 heteroatoms. The van der Waals surface area contributed by atoms with Crippen LogP contribution in [0.15, 0.2) is 28.3 Å². The summed E-state index contributed by atoms with van der Waals surface area (Å²) < 4.78 is 20.3. The first-order valence-corrected chi connectivity index (χ1v) is 9.44. The van der Waals surface area contributed by atoms with E-state index in [0.717, 1.165) is 12.8 Å². The third kappa shape index (κ3) is 4.01. The lowest BCUT2D eigenvalue weighted by Gasteiger charge is -2.27. The quantitative estimate of drug-likeness (QED) is 0.821. The third-order valence-electron chi connectivity index (χ3n) is 5.52. The molecule has 2 aliphatic rings. The molecule has 0 saturated carbocycles. The van der Waals surface area contributed by atoms with E-state index in [1.54, 1.807) is 20.1 Å². The van der Waals surface area contributed by atoms with Gasteiger partial charge >= 0.3 is 0 Å². The molecule has 0 spiro atoms. The van der Waals surface area contributed by atoms with Crippen LogP contribution in [0.5, 0.6) is 5.75 Å². The maximum atomic E-state index is 13.4. The molecule has 152 valence electrons. The Bertz CT molecular complexity index is 905. The number of hydrogen-bond donors (Lipinski definition) is 2. The van der Waals surface area contributed by atoms with Crippen LogP contribution in [0.2, 0.25) is 0 Å². The highest BCUT2D eigenvalue weighted by molar-refractivity contribution is 5.94. The molecule has 0 fully saturated rings. The Labute approximate surface area is 162 Å². The van der Waals surface area contributed by atoms with Crippen LogP contribution in [0.3, 0.4) is 0 Å². The van der Waals surface area contributed by atoms with Crippen molar-refractivity contribution in [2.24, 2.45) is 5.92 Å². The van der Waals surface area contributed by atoms with Gasteiger partial charge in [-0.3, -0.25) is 14.2 Å². The second-order valence-electron chi connectivity index (χ2n) is 7.73. The second-order valence-corrected chi connectivity index (χ2v) is 7.73. The van der Waals surface area contributed by atoms with Gasteiger partial charge in [-0.25, -0.2) is 9.37 Å². The first-order chi connectivity index (χ1) is 13.2. The van der Waals surface area contributed by atoms with Crippen molar-refractivity contribution in [3.05, 3.63) is 45.4 Å². The van der Waals surface area contributed by atoms with Crippen LogP contribution < -0.4 is 10.9 Å². The van der Waals surface area contributed by atoms with Crippen molar-refractivity contribution >= 4 is 5.91 Å². The molecular formula is C20H26FN3O4. The van der Waals surface area contributed by atoms with E-state index >= 15 is 0 Å². The van der Waals surface area contributed by atoms with E-state index in [1.165, 1.54) is 10.6 Å². The largest absolute Gasteiger partial charge is 0.501 e. The van der Waals surface area contributed by atoms with E-state index in [4.69, 9.17) is 4.74 Å². The number of rotatable bonds is 4. The number of methoxy groups -OCH3 is 1. The predicted molar refractivity (Wildman–Crippen MR) is 102 cm³/mol. The van der Waals surface area contributed by atoms with Crippen molar-refractivity contribution in [2.75, 3.05) is 13.7 Å². The molecule has 28 heavy (non-hydrogen) atoms. The number of allylic oxidation sites excluding steroid dienone is 3. The van der Waals surface area contributed by atoms with Gasteiger partial charge in [0.2, 0.25) is 5.75 Å². The lowest BCUT2D eigenvalue weighted by molar-refractivity contribution is -0.0140. The fourth-order valence-corrected chi connectivity index (χ4v) is 3.67. The monoisotopic (exact) mass is 391 g/mol. The number of aromatic nitrogens is 2. The predicted octanol–water partition coefficient (Wildman–Crippen LogP) is 2.24. The number of aryl methyl sites for hydroxylation is 1. The first kappa shape index (κ1) is 20.3. The highest BCUT2D eigenvalue weighted by Gasteiger charge is 2.31. The van der Waals surface area contributed by atoms with Crippen LogP contribution in [0, 0.1) is 5.92 Å². The number of halogens is 1. The van der Waals surface area contributed by atoms with Gasteiger partial charge in [0.15, 0.2) is 5.69 Å². The van der Waals surface area contributed by atoms with Crippen LogP contribution in [0.4, 0.5) is 4.39 Å². The van der Waals surface area contributed by atoms with Crippen LogP contribution in [0.25, 0.3) is 0 Å². The number of ether oxygens (including phenoxy) is 1. The van der Waals surface area contributed by atoms with Gasteiger partial charge in [-0.15, -0.1) is 0 Å². The molecular weight excluding hydrogens is 365 g/mol. The van der Waals surface area contributed by atoms with Crippen LogP contribution in [-0.4, -0.2) is 39.8 Å². The Kier molecular flexibility index (Phi) is 5.69. The lowest BCUT2D eigenvalue weighted by atomic mass is 9.96. The number of hydrogen-bond acceptors (Lipinski definition) is 5. The zero-order valence-electron chi connectivity index (χ0n) is 16.4. The van der Waals surface area contributed by atoms with E-state index in [9.17, 15) is 19.1 Å². The summed E-state index contributed by atoms with van der Waals surface area (Å²) >= 11 is 0. The number of nitrogens with one attached hydrogen (secondary N) is 1. The molecule has 1 unspecified atom stereocenters. The molecule has 1 aromatic heterocycles. The first-order valence-electron chi connectivity index (χ1n) is 9.44. The highest BCUT2D eigenvalue weighted by Crippen LogP contribution is 2.26. The topological polar surface area (TPSA) is 93.5 Å². The summed E-state index contributed by atoms with van der Waals surface area (Å²) in [5.41, 5.74) is -0.897. The number of carbonyl (C=O) groups is 1. The molecule has 1 amide bonds. The van der Waals surface area contributed by atoms with Crippen molar-refractivity contribution in [3.63, 3.8) is 0 Å². The third-order valence-corrected chi connectivity index (χ3v) is 5.52. The van der Waals surface area contributed by atoms with Gasteiger partial charge in [0.1, 0.15) is 11.7 Å².